The standard InChI is InChI=1S/C19H15N3O3/c1-11-7-8-13(9-12(11)2)16-10-15(18(23)24)21-22(16)19-20-14-5-3-4-6-17(14)25-19/h3-10H,1-2H3,(H,23,24). The number of aromatic nitrogens is 3. The highest BCUT2D eigenvalue weighted by atomic mass is 16.4. The average Bonchev–Trinajstić information content (AvgIpc) is 3.21. The van der Waals surface area contributed by atoms with Gasteiger partial charge in [-0.2, -0.15) is 14.8 Å². The number of carbonyl (C=O) groups is 1. The van der Waals surface area contributed by atoms with Crippen LogP contribution in [0.25, 0.3) is 28.4 Å². The van der Waals surface area contributed by atoms with Gasteiger partial charge in [0.25, 0.3) is 0 Å². The van der Waals surface area contributed by atoms with Crippen molar-refractivity contribution in [3.8, 4) is 17.3 Å². The smallest absolute Gasteiger partial charge is 0.356 e. The normalized spacial score (nSPS) is 11.1. The monoisotopic (exact) mass is 333 g/mol. The van der Waals surface area contributed by atoms with E-state index < -0.39 is 5.97 Å². The van der Waals surface area contributed by atoms with E-state index in [1.165, 1.54) is 10.7 Å². The summed E-state index contributed by atoms with van der Waals surface area (Å²) >= 11 is 0. The Balaban J connectivity index is 1.94. The number of hydrogen-bond donors (Lipinski definition) is 1. The van der Waals surface area contributed by atoms with Gasteiger partial charge >= 0.3 is 12.0 Å². The van der Waals surface area contributed by atoms with Crippen LogP contribution in [0, 0.1) is 13.8 Å². The van der Waals surface area contributed by atoms with Crippen molar-refractivity contribution in [2.45, 2.75) is 13.8 Å². The fourth-order valence-electron chi connectivity index (χ4n) is 2.69. The Morgan fingerprint density at radius 3 is 2.60 bits per heavy atom. The Labute approximate surface area is 143 Å². The molecule has 0 bridgehead atoms. The second-order valence-corrected chi connectivity index (χ2v) is 5.89. The number of benzene rings is 2. The lowest BCUT2D eigenvalue weighted by Crippen LogP contribution is -2.02. The van der Waals surface area contributed by atoms with Crippen LogP contribution in [-0.4, -0.2) is 25.8 Å². The molecule has 0 aliphatic carbocycles. The fourth-order valence-corrected chi connectivity index (χ4v) is 2.69. The van der Waals surface area contributed by atoms with E-state index in [1.807, 2.05) is 56.3 Å². The van der Waals surface area contributed by atoms with Crippen molar-refractivity contribution >= 4 is 17.1 Å². The number of nitrogens with zero attached hydrogens (tertiary/aromatic N) is 3. The maximum atomic E-state index is 11.4. The van der Waals surface area contributed by atoms with Gasteiger partial charge < -0.3 is 9.52 Å². The number of aromatic carboxylic acids is 1. The van der Waals surface area contributed by atoms with Crippen LogP contribution in [0.15, 0.2) is 52.9 Å². The van der Waals surface area contributed by atoms with Gasteiger partial charge in [0.1, 0.15) is 5.52 Å². The highest BCUT2D eigenvalue weighted by molar-refractivity contribution is 5.87. The molecular weight excluding hydrogens is 318 g/mol. The molecule has 2 heterocycles. The lowest BCUT2D eigenvalue weighted by Gasteiger charge is -2.06. The van der Waals surface area contributed by atoms with Crippen molar-refractivity contribution in [2.24, 2.45) is 0 Å². The third-order valence-corrected chi connectivity index (χ3v) is 4.19. The van der Waals surface area contributed by atoms with Gasteiger partial charge in [0.05, 0.1) is 5.69 Å². The summed E-state index contributed by atoms with van der Waals surface area (Å²) in [6, 6.07) is 15.1. The van der Waals surface area contributed by atoms with E-state index in [0.29, 0.717) is 16.8 Å². The molecule has 2 aromatic carbocycles. The second-order valence-electron chi connectivity index (χ2n) is 5.89. The van der Waals surface area contributed by atoms with Crippen molar-refractivity contribution < 1.29 is 14.3 Å². The second kappa shape index (κ2) is 5.59. The van der Waals surface area contributed by atoms with Crippen molar-refractivity contribution in [1.82, 2.24) is 14.8 Å². The van der Waals surface area contributed by atoms with Crippen LogP contribution in [0.3, 0.4) is 0 Å². The number of rotatable bonds is 3. The fraction of sp³-hybridized carbons (Fsp3) is 0.105. The van der Waals surface area contributed by atoms with E-state index in [1.54, 1.807) is 0 Å². The van der Waals surface area contributed by atoms with Crippen LogP contribution in [-0.2, 0) is 0 Å². The molecule has 0 saturated carbocycles. The van der Waals surface area contributed by atoms with Gasteiger partial charge in [-0.1, -0.05) is 24.3 Å². The number of para-hydroxylation sites is 2. The Kier molecular flexibility index (Phi) is 3.39. The maximum absolute atomic E-state index is 11.4. The first kappa shape index (κ1) is 15.1. The molecule has 0 spiro atoms. The summed E-state index contributed by atoms with van der Waals surface area (Å²) in [6.45, 7) is 4.04. The zero-order valence-corrected chi connectivity index (χ0v) is 13.7. The van der Waals surface area contributed by atoms with Crippen molar-refractivity contribution in [1.29, 1.82) is 0 Å². The number of aryl methyl sites for hydroxylation is 2. The number of hydrogen-bond acceptors (Lipinski definition) is 4. The Morgan fingerprint density at radius 1 is 1.08 bits per heavy atom. The zero-order chi connectivity index (χ0) is 17.6. The molecule has 0 aliphatic rings. The molecule has 0 unspecified atom stereocenters. The first-order chi connectivity index (χ1) is 12.0. The van der Waals surface area contributed by atoms with E-state index in [9.17, 15) is 9.90 Å². The van der Waals surface area contributed by atoms with Crippen molar-refractivity contribution in [3.63, 3.8) is 0 Å². The molecule has 2 aromatic heterocycles. The zero-order valence-electron chi connectivity index (χ0n) is 13.7. The van der Waals surface area contributed by atoms with Crippen LogP contribution in [0.2, 0.25) is 0 Å². The van der Waals surface area contributed by atoms with Gasteiger partial charge in [-0.3, -0.25) is 0 Å². The minimum atomic E-state index is -1.10. The van der Waals surface area contributed by atoms with Crippen LogP contribution in [0.4, 0.5) is 0 Å². The lowest BCUT2D eigenvalue weighted by molar-refractivity contribution is 0.0690. The largest absolute Gasteiger partial charge is 0.476 e. The molecule has 1 N–H and O–H groups in total. The third-order valence-electron chi connectivity index (χ3n) is 4.19. The molecule has 0 fully saturated rings. The number of fused-ring (bicyclic) bond motifs is 1. The highest BCUT2D eigenvalue weighted by Gasteiger charge is 2.19. The summed E-state index contributed by atoms with van der Waals surface area (Å²) in [5.74, 6) is -1.10. The number of carboxylic acid groups (broad SMARTS) is 1. The number of oxazole rings is 1. The first-order valence-electron chi connectivity index (χ1n) is 7.80. The summed E-state index contributed by atoms with van der Waals surface area (Å²) in [5, 5.41) is 13.5. The van der Waals surface area contributed by atoms with Gasteiger partial charge in [0.15, 0.2) is 11.3 Å². The minimum absolute atomic E-state index is 0.0597. The van der Waals surface area contributed by atoms with Gasteiger partial charge in [-0.25, -0.2) is 4.79 Å². The minimum Gasteiger partial charge on any atom is -0.476 e. The average molecular weight is 333 g/mol. The summed E-state index contributed by atoms with van der Waals surface area (Å²) in [6.07, 6.45) is 0. The molecule has 0 saturated heterocycles. The molecule has 6 nitrogen and oxygen atoms in total. The summed E-state index contributed by atoms with van der Waals surface area (Å²) in [7, 11) is 0. The highest BCUT2D eigenvalue weighted by Crippen LogP contribution is 2.27. The van der Waals surface area contributed by atoms with E-state index >= 15 is 0 Å². The molecule has 4 aromatic rings. The molecule has 0 radical (unpaired) electrons. The van der Waals surface area contributed by atoms with Gasteiger partial charge in [-0.05, 0) is 49.2 Å². The number of carboxylic acids is 1. The predicted molar refractivity (Wildman–Crippen MR) is 93.0 cm³/mol. The Morgan fingerprint density at radius 2 is 1.88 bits per heavy atom. The van der Waals surface area contributed by atoms with E-state index in [0.717, 1.165) is 16.7 Å². The molecule has 25 heavy (non-hydrogen) atoms. The van der Waals surface area contributed by atoms with Crippen molar-refractivity contribution in [3.05, 3.63) is 65.4 Å². The lowest BCUT2D eigenvalue weighted by atomic mass is 10.0. The molecule has 0 amide bonds. The van der Waals surface area contributed by atoms with Gasteiger partial charge in [-0.15, -0.1) is 0 Å². The SMILES string of the molecule is Cc1ccc(-c2cc(C(=O)O)nn2-c2nc3ccccc3o2)cc1C. The molecule has 0 atom stereocenters. The van der Waals surface area contributed by atoms with E-state index in [2.05, 4.69) is 10.1 Å². The van der Waals surface area contributed by atoms with Crippen LogP contribution in [0.5, 0.6) is 0 Å². The topological polar surface area (TPSA) is 81.1 Å². The van der Waals surface area contributed by atoms with Crippen LogP contribution < -0.4 is 0 Å². The summed E-state index contributed by atoms with van der Waals surface area (Å²) in [4.78, 5) is 15.8. The Hall–Kier alpha value is -3.41. The van der Waals surface area contributed by atoms with Gasteiger partial charge in [0, 0.05) is 5.56 Å². The van der Waals surface area contributed by atoms with E-state index in [-0.39, 0.29) is 11.7 Å². The van der Waals surface area contributed by atoms with E-state index in [4.69, 9.17) is 4.42 Å². The van der Waals surface area contributed by atoms with Gasteiger partial charge in [0.2, 0.25) is 0 Å². The Bertz CT molecular complexity index is 1080. The maximum Gasteiger partial charge on any atom is 0.356 e. The summed E-state index contributed by atoms with van der Waals surface area (Å²) in [5.41, 5.74) is 4.99. The predicted octanol–water partition coefficient (Wildman–Crippen LogP) is 4.00. The van der Waals surface area contributed by atoms with Crippen molar-refractivity contribution in [2.75, 3.05) is 0 Å². The summed E-state index contributed by atoms with van der Waals surface area (Å²) < 4.78 is 7.20. The molecule has 124 valence electrons. The third kappa shape index (κ3) is 2.57. The molecular formula is C19H15N3O3. The first-order valence-corrected chi connectivity index (χ1v) is 7.80. The molecule has 6 heteroatoms. The quantitative estimate of drug-likeness (QED) is 0.613. The molecule has 0 aliphatic heterocycles. The van der Waals surface area contributed by atoms with Crippen LogP contribution >= 0.6 is 0 Å². The molecule has 4 rings (SSSR count). The van der Waals surface area contributed by atoms with Crippen LogP contribution in [0.1, 0.15) is 21.6 Å².